The van der Waals surface area contributed by atoms with E-state index in [1.54, 1.807) is 6.07 Å². The summed E-state index contributed by atoms with van der Waals surface area (Å²) < 4.78 is 6.56. The maximum Gasteiger partial charge on any atom is 0.225 e. The lowest BCUT2D eigenvalue weighted by Crippen LogP contribution is -2.38. The number of amides is 2. The normalized spacial score (nSPS) is 17.8. The van der Waals surface area contributed by atoms with Crippen LogP contribution in [0.5, 0.6) is 5.75 Å². The Balaban J connectivity index is 1.38. The van der Waals surface area contributed by atoms with E-state index in [0.29, 0.717) is 43.3 Å². The van der Waals surface area contributed by atoms with Crippen molar-refractivity contribution in [1.82, 2.24) is 9.80 Å². The Bertz CT molecular complexity index is 666. The molecule has 1 heterocycles. The van der Waals surface area contributed by atoms with Gasteiger partial charge in [0.25, 0.3) is 0 Å². The minimum absolute atomic E-state index is 0.135. The summed E-state index contributed by atoms with van der Waals surface area (Å²) in [6.45, 7) is 3.24. The smallest absolute Gasteiger partial charge is 0.225 e. The molecule has 2 amide bonds. The van der Waals surface area contributed by atoms with Crippen molar-refractivity contribution in [3.63, 3.8) is 0 Å². The van der Waals surface area contributed by atoms with Gasteiger partial charge in [-0.2, -0.15) is 0 Å². The van der Waals surface area contributed by atoms with Crippen LogP contribution in [0.2, 0.25) is 5.02 Å². The van der Waals surface area contributed by atoms with Crippen LogP contribution in [-0.4, -0.2) is 54.4 Å². The maximum absolute atomic E-state index is 12.4. The quantitative estimate of drug-likeness (QED) is 0.630. The molecule has 0 atom stereocenters. The molecule has 26 heavy (non-hydrogen) atoms. The zero-order chi connectivity index (χ0) is 18.5. The Morgan fingerprint density at radius 3 is 2.62 bits per heavy atom. The maximum atomic E-state index is 12.4. The van der Waals surface area contributed by atoms with Crippen molar-refractivity contribution in [1.29, 1.82) is 0 Å². The first-order valence-electron chi connectivity index (χ1n) is 9.19. The van der Waals surface area contributed by atoms with Crippen LogP contribution in [0.3, 0.4) is 0 Å². The van der Waals surface area contributed by atoms with Gasteiger partial charge in [0.2, 0.25) is 11.8 Å². The van der Waals surface area contributed by atoms with E-state index in [-0.39, 0.29) is 17.7 Å². The largest absolute Gasteiger partial charge is 0.492 e. The Hall–Kier alpha value is -1.27. The van der Waals surface area contributed by atoms with Crippen molar-refractivity contribution in [3.05, 3.63) is 27.7 Å². The molecule has 1 aliphatic heterocycles. The molecular weight excluding hydrogens is 420 g/mol. The van der Waals surface area contributed by atoms with Crippen LogP contribution in [0.4, 0.5) is 0 Å². The molecule has 5 nitrogen and oxygen atoms in total. The Morgan fingerprint density at radius 2 is 1.88 bits per heavy atom. The van der Waals surface area contributed by atoms with E-state index in [9.17, 15) is 9.59 Å². The van der Waals surface area contributed by atoms with Crippen molar-refractivity contribution < 1.29 is 14.3 Å². The van der Waals surface area contributed by atoms with Crippen molar-refractivity contribution in [2.45, 2.75) is 32.1 Å². The summed E-state index contributed by atoms with van der Waals surface area (Å²) >= 11 is 9.47. The highest BCUT2D eigenvalue weighted by Gasteiger charge is 2.34. The summed E-state index contributed by atoms with van der Waals surface area (Å²) in [7, 11) is 0. The van der Waals surface area contributed by atoms with Crippen molar-refractivity contribution in [2.24, 2.45) is 5.92 Å². The van der Waals surface area contributed by atoms with E-state index in [0.717, 1.165) is 36.8 Å². The molecule has 0 N–H and O–H groups in total. The number of rotatable bonds is 6. The zero-order valence-corrected chi connectivity index (χ0v) is 17.1. The standard InChI is InChI=1S/C19H24BrClN2O3/c20-15-6-7-17(16(21)13-15)26-12-1-3-18(24)22-8-2-9-23(11-10-22)19(25)14-4-5-14/h6-7,13-14H,1-5,8-12H2. The zero-order valence-electron chi connectivity index (χ0n) is 14.8. The van der Waals surface area contributed by atoms with Gasteiger partial charge < -0.3 is 14.5 Å². The molecule has 3 rings (SSSR count). The summed E-state index contributed by atoms with van der Waals surface area (Å²) in [4.78, 5) is 28.4. The first kappa shape index (κ1) is 19.5. The van der Waals surface area contributed by atoms with Crippen LogP contribution < -0.4 is 4.74 Å². The lowest BCUT2D eigenvalue weighted by Gasteiger charge is -2.22. The third-order valence-corrected chi connectivity index (χ3v) is 5.56. The van der Waals surface area contributed by atoms with E-state index < -0.39 is 0 Å². The predicted octanol–water partition coefficient (Wildman–Crippen LogP) is 3.73. The van der Waals surface area contributed by atoms with Crippen LogP contribution in [0.25, 0.3) is 0 Å². The molecule has 2 aliphatic rings. The van der Waals surface area contributed by atoms with E-state index >= 15 is 0 Å². The highest BCUT2D eigenvalue weighted by atomic mass is 79.9. The Morgan fingerprint density at radius 1 is 1.15 bits per heavy atom. The van der Waals surface area contributed by atoms with Crippen molar-refractivity contribution in [3.8, 4) is 5.75 Å². The second-order valence-corrected chi connectivity index (χ2v) is 8.18. The van der Waals surface area contributed by atoms with Gasteiger partial charge in [0.1, 0.15) is 5.75 Å². The fraction of sp³-hybridized carbons (Fsp3) is 0.579. The molecular formula is C19H24BrClN2O3. The number of carbonyl (C=O) groups excluding carboxylic acids is 2. The number of halogens is 2. The molecule has 1 saturated heterocycles. The molecule has 7 heteroatoms. The highest BCUT2D eigenvalue weighted by molar-refractivity contribution is 9.10. The number of carbonyl (C=O) groups is 2. The second-order valence-electron chi connectivity index (χ2n) is 6.86. The minimum Gasteiger partial charge on any atom is -0.492 e. The van der Waals surface area contributed by atoms with Crippen LogP contribution in [0, 0.1) is 5.92 Å². The number of ether oxygens (including phenoxy) is 1. The fourth-order valence-corrected chi connectivity index (χ4v) is 3.86. The summed E-state index contributed by atoms with van der Waals surface area (Å²) in [5.74, 6) is 1.29. The second kappa shape index (κ2) is 9.09. The van der Waals surface area contributed by atoms with Gasteiger partial charge in [0.05, 0.1) is 11.6 Å². The predicted molar refractivity (Wildman–Crippen MR) is 104 cm³/mol. The van der Waals surface area contributed by atoms with E-state index in [2.05, 4.69) is 15.9 Å². The van der Waals surface area contributed by atoms with Crippen molar-refractivity contribution >= 4 is 39.3 Å². The van der Waals surface area contributed by atoms with Gasteiger partial charge in [-0.3, -0.25) is 9.59 Å². The van der Waals surface area contributed by atoms with E-state index in [1.807, 2.05) is 21.9 Å². The summed E-state index contributed by atoms with van der Waals surface area (Å²) in [6, 6.07) is 5.47. The average Bonchev–Trinajstić information content (AvgIpc) is 3.45. The summed E-state index contributed by atoms with van der Waals surface area (Å²) in [5, 5.41) is 0.554. The van der Waals surface area contributed by atoms with Crippen molar-refractivity contribution in [2.75, 3.05) is 32.8 Å². The lowest BCUT2D eigenvalue weighted by molar-refractivity contribution is -0.134. The van der Waals surface area contributed by atoms with Gasteiger partial charge in [-0.15, -0.1) is 0 Å². The summed E-state index contributed by atoms with van der Waals surface area (Å²) in [5.41, 5.74) is 0. The molecule has 0 bridgehead atoms. The number of benzene rings is 1. The first-order chi connectivity index (χ1) is 12.5. The van der Waals surface area contributed by atoms with E-state index in [1.165, 1.54) is 0 Å². The first-order valence-corrected chi connectivity index (χ1v) is 10.4. The third-order valence-electron chi connectivity index (χ3n) is 4.77. The molecule has 0 spiro atoms. The SMILES string of the molecule is O=C(CCCOc1ccc(Br)cc1Cl)N1CCCN(C(=O)C2CC2)CC1. The molecule has 1 aromatic carbocycles. The van der Waals surface area contributed by atoms with Gasteiger partial charge >= 0.3 is 0 Å². The van der Waals surface area contributed by atoms with Crippen LogP contribution in [-0.2, 0) is 9.59 Å². The monoisotopic (exact) mass is 442 g/mol. The van der Waals surface area contributed by atoms with Gasteiger partial charge in [-0.25, -0.2) is 0 Å². The number of hydrogen-bond acceptors (Lipinski definition) is 3. The van der Waals surface area contributed by atoms with Gasteiger partial charge in [-0.05, 0) is 43.9 Å². The Labute approximate surface area is 167 Å². The van der Waals surface area contributed by atoms with Crippen LogP contribution in [0.15, 0.2) is 22.7 Å². The topological polar surface area (TPSA) is 49.9 Å². The molecule has 1 saturated carbocycles. The number of hydrogen-bond donors (Lipinski definition) is 0. The highest BCUT2D eigenvalue weighted by Crippen LogP contribution is 2.31. The minimum atomic E-state index is 0.135. The average molecular weight is 444 g/mol. The van der Waals surface area contributed by atoms with Gasteiger partial charge in [-0.1, -0.05) is 27.5 Å². The molecule has 2 fully saturated rings. The Kier molecular flexibility index (Phi) is 6.81. The number of nitrogens with zero attached hydrogens (tertiary/aromatic N) is 2. The molecule has 0 unspecified atom stereocenters. The van der Waals surface area contributed by atoms with E-state index in [4.69, 9.17) is 16.3 Å². The van der Waals surface area contributed by atoms with Gasteiger partial charge in [0, 0.05) is 43.0 Å². The van der Waals surface area contributed by atoms with Gasteiger partial charge in [0.15, 0.2) is 0 Å². The molecule has 142 valence electrons. The van der Waals surface area contributed by atoms with Crippen LogP contribution in [0.1, 0.15) is 32.1 Å². The molecule has 1 aromatic rings. The lowest BCUT2D eigenvalue weighted by atomic mass is 10.2. The molecule has 1 aliphatic carbocycles. The molecule has 0 radical (unpaired) electrons. The van der Waals surface area contributed by atoms with Crippen LogP contribution >= 0.6 is 27.5 Å². The summed E-state index contributed by atoms with van der Waals surface area (Å²) in [6.07, 6.45) is 4.01. The third kappa shape index (κ3) is 5.36. The molecule has 0 aromatic heterocycles. The fourth-order valence-electron chi connectivity index (χ4n) is 3.13.